The van der Waals surface area contributed by atoms with Gasteiger partial charge in [0, 0.05) is 13.2 Å². The summed E-state index contributed by atoms with van der Waals surface area (Å²) in [7, 11) is 1.95. The lowest BCUT2D eigenvalue weighted by Crippen LogP contribution is -2.43. The van der Waals surface area contributed by atoms with Gasteiger partial charge in [0.15, 0.2) is 0 Å². The van der Waals surface area contributed by atoms with Gasteiger partial charge in [0.25, 0.3) is 0 Å². The molecule has 1 aromatic heterocycles. The van der Waals surface area contributed by atoms with Crippen LogP contribution >= 0.6 is 24.0 Å². The van der Waals surface area contributed by atoms with Gasteiger partial charge in [0.05, 0.1) is 5.52 Å². The Hall–Kier alpha value is -1.34. The first-order valence-corrected chi connectivity index (χ1v) is 5.99. The number of amidine groups is 1. The van der Waals surface area contributed by atoms with Crippen LogP contribution in [-0.4, -0.2) is 28.5 Å². The first-order valence-electron chi connectivity index (χ1n) is 5.99. The topological polar surface area (TPSA) is 46.6 Å². The molecule has 1 aromatic carbocycles. The van der Waals surface area contributed by atoms with E-state index in [9.17, 15) is 0 Å². The Morgan fingerprint density at radius 2 is 1.95 bits per heavy atom. The van der Waals surface area contributed by atoms with Crippen molar-refractivity contribution in [3.05, 3.63) is 42.6 Å². The molecule has 0 aliphatic carbocycles. The molecule has 1 aliphatic rings. The van der Waals surface area contributed by atoms with Crippen LogP contribution in [0.25, 0.3) is 16.7 Å². The van der Waals surface area contributed by atoms with Gasteiger partial charge >= 0.3 is 0 Å². The minimum Gasteiger partial charge on any atom is -0.344 e. The number of benzene rings is 1. The number of aromatic nitrogens is 1. The molecule has 2 N–H and O–H groups in total. The quantitative estimate of drug-likeness (QED) is 0.787. The highest BCUT2D eigenvalue weighted by Crippen LogP contribution is 2.22. The van der Waals surface area contributed by atoms with Crippen molar-refractivity contribution in [1.29, 1.82) is 0 Å². The van der Waals surface area contributed by atoms with E-state index >= 15 is 0 Å². The van der Waals surface area contributed by atoms with Crippen molar-refractivity contribution in [3.63, 3.8) is 0 Å². The van der Waals surface area contributed by atoms with Crippen LogP contribution in [0.15, 0.2) is 47.6 Å². The lowest BCUT2D eigenvalue weighted by molar-refractivity contribution is 0.428. The number of nitrogens with two attached hydrogens (primary N) is 1. The van der Waals surface area contributed by atoms with E-state index in [2.05, 4.69) is 27.8 Å². The maximum Gasteiger partial charge on any atom is 0.138 e. The van der Waals surface area contributed by atoms with Crippen LogP contribution in [0.5, 0.6) is 0 Å². The molecule has 2 heterocycles. The zero-order valence-corrected chi connectivity index (χ0v) is 13.3. The molecule has 1 unspecified atom stereocenters. The van der Waals surface area contributed by atoms with E-state index in [-0.39, 0.29) is 30.1 Å². The maximum absolute atomic E-state index is 6.06. The molecular weight excluding hydrogens is 351 g/mol. The molecule has 2 aromatic rings. The van der Waals surface area contributed by atoms with Crippen LogP contribution in [0.1, 0.15) is 6.92 Å². The van der Waals surface area contributed by atoms with E-state index in [1.54, 1.807) is 0 Å². The third-order valence-electron chi connectivity index (χ3n) is 3.40. The third kappa shape index (κ3) is 2.40. The van der Waals surface area contributed by atoms with Gasteiger partial charge in [-0.15, -0.1) is 24.0 Å². The van der Waals surface area contributed by atoms with Crippen LogP contribution in [-0.2, 0) is 0 Å². The Morgan fingerprint density at radius 1 is 1.21 bits per heavy atom. The minimum atomic E-state index is -0.126. The van der Waals surface area contributed by atoms with Gasteiger partial charge in [-0.2, -0.15) is 0 Å². The molecule has 0 saturated carbocycles. The average molecular weight is 368 g/mol. The number of aliphatic imine (C=N–C) groups is 1. The summed E-state index contributed by atoms with van der Waals surface area (Å²) < 4.78 is 2.08. The lowest BCUT2D eigenvalue weighted by Gasteiger charge is -2.28. The summed E-state index contributed by atoms with van der Waals surface area (Å²) in [6.45, 7) is 1.97. The van der Waals surface area contributed by atoms with Crippen LogP contribution in [0.4, 0.5) is 0 Å². The van der Waals surface area contributed by atoms with Gasteiger partial charge in [0.1, 0.15) is 17.8 Å². The number of nitrogens with zero attached hydrogens (tertiary/aromatic N) is 3. The van der Waals surface area contributed by atoms with E-state index in [0.29, 0.717) is 0 Å². The fraction of sp³-hybridized carbons (Fsp3) is 0.214. The van der Waals surface area contributed by atoms with Gasteiger partial charge in [-0.25, -0.2) is 4.99 Å². The average Bonchev–Trinajstić information content (AvgIpc) is 2.79. The number of hydrogen-bond acceptors (Lipinski definition) is 3. The van der Waals surface area contributed by atoms with Crippen LogP contribution in [0.3, 0.4) is 0 Å². The molecule has 19 heavy (non-hydrogen) atoms. The number of hydrogen-bond donors (Lipinski definition) is 1. The summed E-state index contributed by atoms with van der Waals surface area (Å²) in [5.41, 5.74) is 7.21. The molecule has 0 radical (unpaired) electrons. The Labute approximate surface area is 129 Å². The SMILES string of the molecule is CC1=NC(n2ccc3ccccc32)=CC(N)N1C.I. The molecule has 5 heteroatoms. The first kappa shape index (κ1) is 14.1. The fourth-order valence-electron chi connectivity index (χ4n) is 2.18. The summed E-state index contributed by atoms with van der Waals surface area (Å²) in [5, 5.41) is 1.21. The van der Waals surface area contributed by atoms with Crippen molar-refractivity contribution in [1.82, 2.24) is 9.47 Å². The molecule has 0 fully saturated rings. The number of halogens is 1. The van der Waals surface area contributed by atoms with Crippen LogP contribution in [0.2, 0.25) is 0 Å². The summed E-state index contributed by atoms with van der Waals surface area (Å²) in [4.78, 5) is 6.55. The van der Waals surface area contributed by atoms with Gasteiger partial charge < -0.3 is 15.2 Å². The van der Waals surface area contributed by atoms with Crippen molar-refractivity contribution >= 4 is 46.5 Å². The molecule has 0 saturated heterocycles. The first-order chi connectivity index (χ1) is 8.66. The molecule has 1 atom stereocenters. The second-order valence-electron chi connectivity index (χ2n) is 4.53. The van der Waals surface area contributed by atoms with Gasteiger partial charge in [-0.05, 0) is 30.5 Å². The van der Waals surface area contributed by atoms with Crippen LogP contribution < -0.4 is 5.73 Å². The number of fused-ring (bicyclic) bond motifs is 1. The summed E-state index contributed by atoms with van der Waals surface area (Å²) in [6.07, 6.45) is 3.88. The summed E-state index contributed by atoms with van der Waals surface area (Å²) in [6, 6.07) is 10.3. The molecule has 0 amide bonds. The molecule has 4 nitrogen and oxygen atoms in total. The Morgan fingerprint density at radius 3 is 2.68 bits per heavy atom. The zero-order valence-electron chi connectivity index (χ0n) is 10.9. The highest BCUT2D eigenvalue weighted by atomic mass is 127. The molecule has 0 bridgehead atoms. The lowest BCUT2D eigenvalue weighted by atomic mass is 10.2. The fourth-order valence-corrected chi connectivity index (χ4v) is 2.18. The third-order valence-corrected chi connectivity index (χ3v) is 3.40. The van der Waals surface area contributed by atoms with Gasteiger partial charge in [0.2, 0.25) is 0 Å². The van der Waals surface area contributed by atoms with E-state index in [0.717, 1.165) is 17.2 Å². The molecule has 3 rings (SSSR count). The van der Waals surface area contributed by atoms with Crippen molar-refractivity contribution in [3.8, 4) is 0 Å². The Kier molecular flexibility index (Phi) is 3.96. The monoisotopic (exact) mass is 368 g/mol. The minimum absolute atomic E-state index is 0. The van der Waals surface area contributed by atoms with E-state index in [4.69, 9.17) is 5.73 Å². The summed E-state index contributed by atoms with van der Waals surface area (Å²) >= 11 is 0. The number of likely N-dealkylation sites (N-methyl/N-ethyl adjacent to an activating group) is 1. The Balaban J connectivity index is 0.00000133. The molecule has 0 spiro atoms. The van der Waals surface area contributed by atoms with Gasteiger partial charge in [-0.1, -0.05) is 18.2 Å². The zero-order chi connectivity index (χ0) is 12.7. The highest BCUT2D eigenvalue weighted by molar-refractivity contribution is 14.0. The second kappa shape index (κ2) is 5.34. The maximum atomic E-state index is 6.06. The standard InChI is InChI=1S/C14H16N4.HI/c1-10-16-14(9-13(15)17(10)2)18-8-7-11-5-3-4-6-12(11)18;/h3-9,13H,15H2,1-2H3;1H. The summed E-state index contributed by atoms with van der Waals surface area (Å²) in [5.74, 6) is 1.82. The highest BCUT2D eigenvalue weighted by Gasteiger charge is 2.17. The van der Waals surface area contributed by atoms with Crippen molar-refractivity contribution in [2.24, 2.45) is 10.7 Å². The van der Waals surface area contributed by atoms with Crippen molar-refractivity contribution in [2.45, 2.75) is 13.1 Å². The Bertz CT molecular complexity index is 656. The van der Waals surface area contributed by atoms with E-state index in [1.807, 2.05) is 43.3 Å². The predicted octanol–water partition coefficient (Wildman–Crippen LogP) is 2.71. The second-order valence-corrected chi connectivity index (χ2v) is 4.53. The normalized spacial score (nSPS) is 18.9. The smallest absolute Gasteiger partial charge is 0.138 e. The van der Waals surface area contributed by atoms with E-state index in [1.165, 1.54) is 5.39 Å². The molecule has 1 aliphatic heterocycles. The predicted molar refractivity (Wildman–Crippen MR) is 90.5 cm³/mol. The van der Waals surface area contributed by atoms with Crippen molar-refractivity contribution in [2.75, 3.05) is 7.05 Å². The molecule has 100 valence electrons. The molecular formula is C14H17IN4. The van der Waals surface area contributed by atoms with Gasteiger partial charge in [-0.3, -0.25) is 0 Å². The van der Waals surface area contributed by atoms with Crippen LogP contribution in [0, 0.1) is 0 Å². The van der Waals surface area contributed by atoms with Crippen molar-refractivity contribution < 1.29 is 0 Å². The largest absolute Gasteiger partial charge is 0.344 e. The number of rotatable bonds is 1. The van der Waals surface area contributed by atoms with E-state index < -0.39 is 0 Å². The number of para-hydroxylation sites is 1.